The lowest BCUT2D eigenvalue weighted by Crippen LogP contribution is -2.52. The maximum Gasteiger partial charge on any atom is 0.271 e. The zero-order valence-electron chi connectivity index (χ0n) is 10.7. The van der Waals surface area contributed by atoms with Gasteiger partial charge >= 0.3 is 0 Å². The van der Waals surface area contributed by atoms with Gasteiger partial charge in [-0.15, -0.1) is 11.3 Å². The molecule has 1 saturated heterocycles. The molecular formula is C12H10N4O4S. The van der Waals surface area contributed by atoms with Gasteiger partial charge in [0.25, 0.3) is 11.5 Å². The Morgan fingerprint density at radius 1 is 1.43 bits per heavy atom. The fourth-order valence-corrected chi connectivity index (χ4v) is 2.72. The average molecular weight is 306 g/mol. The van der Waals surface area contributed by atoms with Gasteiger partial charge in [0.05, 0.1) is 0 Å². The molecular weight excluding hydrogens is 296 g/mol. The molecule has 1 unspecified atom stereocenters. The Morgan fingerprint density at radius 2 is 2.24 bits per heavy atom. The average Bonchev–Trinajstić information content (AvgIpc) is 2.91. The van der Waals surface area contributed by atoms with E-state index < -0.39 is 23.4 Å². The van der Waals surface area contributed by atoms with E-state index in [2.05, 4.69) is 15.6 Å². The van der Waals surface area contributed by atoms with Crippen LogP contribution >= 0.6 is 11.3 Å². The maximum atomic E-state index is 12.1. The molecule has 2 N–H and O–H groups in total. The number of amides is 3. The van der Waals surface area contributed by atoms with Gasteiger partial charge in [-0.3, -0.25) is 28.9 Å². The summed E-state index contributed by atoms with van der Waals surface area (Å²) in [6.45, 7) is 0. The molecule has 0 saturated carbocycles. The van der Waals surface area contributed by atoms with Crippen molar-refractivity contribution < 1.29 is 14.4 Å². The number of rotatable bonds is 2. The van der Waals surface area contributed by atoms with E-state index >= 15 is 0 Å². The topological polar surface area (TPSA) is 110 Å². The summed E-state index contributed by atoms with van der Waals surface area (Å²) in [4.78, 5) is 51.3. The quantitative estimate of drug-likeness (QED) is 0.712. The SMILES string of the molecule is O=C1CCC(NC(=O)c2cnc3sccn3c2=O)C(=O)N1. The third-order valence-corrected chi connectivity index (χ3v) is 3.90. The fourth-order valence-electron chi connectivity index (χ4n) is 2.05. The lowest BCUT2D eigenvalue weighted by Gasteiger charge is -2.21. The maximum absolute atomic E-state index is 12.1. The highest BCUT2D eigenvalue weighted by Gasteiger charge is 2.28. The van der Waals surface area contributed by atoms with E-state index in [1.807, 2.05) is 0 Å². The van der Waals surface area contributed by atoms with E-state index in [-0.39, 0.29) is 24.3 Å². The summed E-state index contributed by atoms with van der Waals surface area (Å²) >= 11 is 1.28. The highest BCUT2D eigenvalue weighted by molar-refractivity contribution is 7.15. The van der Waals surface area contributed by atoms with Crippen molar-refractivity contribution in [3.05, 3.63) is 33.7 Å². The van der Waals surface area contributed by atoms with Crippen molar-refractivity contribution in [2.24, 2.45) is 0 Å². The number of piperidine rings is 1. The van der Waals surface area contributed by atoms with Crippen LogP contribution in [-0.2, 0) is 9.59 Å². The first kappa shape index (κ1) is 13.4. The van der Waals surface area contributed by atoms with Crippen LogP contribution in [0, 0.1) is 0 Å². The van der Waals surface area contributed by atoms with Gasteiger partial charge in [0.1, 0.15) is 11.6 Å². The Morgan fingerprint density at radius 3 is 3.00 bits per heavy atom. The minimum Gasteiger partial charge on any atom is -0.340 e. The van der Waals surface area contributed by atoms with Crippen LogP contribution in [0.1, 0.15) is 23.2 Å². The summed E-state index contributed by atoms with van der Waals surface area (Å²) in [6, 6.07) is -0.822. The minimum absolute atomic E-state index is 0.143. The van der Waals surface area contributed by atoms with Crippen molar-refractivity contribution in [1.82, 2.24) is 20.0 Å². The molecule has 1 fully saturated rings. The van der Waals surface area contributed by atoms with Gasteiger partial charge in [0, 0.05) is 24.2 Å². The number of aromatic nitrogens is 2. The number of carbonyl (C=O) groups is 3. The summed E-state index contributed by atoms with van der Waals surface area (Å²) in [7, 11) is 0. The molecule has 0 bridgehead atoms. The van der Waals surface area contributed by atoms with Crippen molar-refractivity contribution in [2.45, 2.75) is 18.9 Å². The molecule has 1 atom stereocenters. The van der Waals surface area contributed by atoms with Gasteiger partial charge in [-0.05, 0) is 6.42 Å². The number of nitrogens with one attached hydrogen (secondary N) is 2. The molecule has 0 radical (unpaired) electrons. The third kappa shape index (κ3) is 2.42. The zero-order valence-corrected chi connectivity index (χ0v) is 11.5. The molecule has 3 amide bonds. The number of hydrogen-bond acceptors (Lipinski definition) is 6. The first-order valence-corrected chi connectivity index (χ1v) is 7.03. The van der Waals surface area contributed by atoms with Gasteiger partial charge in [0.15, 0.2) is 4.96 Å². The lowest BCUT2D eigenvalue weighted by molar-refractivity contribution is -0.134. The minimum atomic E-state index is -0.822. The van der Waals surface area contributed by atoms with Gasteiger partial charge in [0.2, 0.25) is 11.8 Å². The van der Waals surface area contributed by atoms with Crippen LogP contribution < -0.4 is 16.2 Å². The molecule has 3 heterocycles. The third-order valence-electron chi connectivity index (χ3n) is 3.13. The highest BCUT2D eigenvalue weighted by atomic mass is 32.1. The van der Waals surface area contributed by atoms with Crippen molar-refractivity contribution >= 4 is 34.0 Å². The van der Waals surface area contributed by atoms with Crippen LogP contribution in [0.4, 0.5) is 0 Å². The number of carbonyl (C=O) groups excluding carboxylic acids is 3. The highest BCUT2D eigenvalue weighted by Crippen LogP contribution is 2.07. The van der Waals surface area contributed by atoms with E-state index in [1.54, 1.807) is 5.38 Å². The predicted molar refractivity (Wildman–Crippen MR) is 73.0 cm³/mol. The molecule has 2 aromatic rings. The second-order valence-electron chi connectivity index (χ2n) is 4.51. The summed E-state index contributed by atoms with van der Waals surface area (Å²) < 4.78 is 1.27. The van der Waals surface area contributed by atoms with E-state index in [4.69, 9.17) is 0 Å². The number of imide groups is 1. The normalized spacial score (nSPS) is 18.6. The number of fused-ring (bicyclic) bond motifs is 1. The molecule has 0 spiro atoms. The lowest BCUT2D eigenvalue weighted by atomic mass is 10.1. The number of hydrogen-bond donors (Lipinski definition) is 2. The molecule has 1 aliphatic rings. The molecule has 0 aliphatic carbocycles. The Hall–Kier alpha value is -2.55. The standard InChI is InChI=1S/C12H10N4O4S/c17-8-2-1-7(10(19)15-8)14-9(18)6-5-13-12-16(11(6)20)3-4-21-12/h3-5,7H,1-2H2,(H,14,18)(H,15,17,19). The van der Waals surface area contributed by atoms with Crippen LogP contribution in [-0.4, -0.2) is 33.1 Å². The molecule has 108 valence electrons. The van der Waals surface area contributed by atoms with Crippen molar-refractivity contribution in [1.29, 1.82) is 0 Å². The molecule has 9 heteroatoms. The van der Waals surface area contributed by atoms with Gasteiger partial charge in [-0.1, -0.05) is 0 Å². The summed E-state index contributed by atoms with van der Waals surface area (Å²) in [5.74, 6) is -1.61. The largest absolute Gasteiger partial charge is 0.340 e. The monoisotopic (exact) mass is 306 g/mol. The Bertz CT molecular complexity index is 809. The van der Waals surface area contributed by atoms with Crippen LogP contribution in [0.25, 0.3) is 4.96 Å². The molecule has 8 nitrogen and oxygen atoms in total. The van der Waals surface area contributed by atoms with Crippen molar-refractivity contribution in [3.8, 4) is 0 Å². The molecule has 2 aromatic heterocycles. The predicted octanol–water partition coefficient (Wildman–Crippen LogP) is -0.709. The van der Waals surface area contributed by atoms with Crippen LogP contribution in [0.5, 0.6) is 0 Å². The van der Waals surface area contributed by atoms with E-state index in [1.165, 1.54) is 28.1 Å². The molecule has 0 aromatic carbocycles. The smallest absolute Gasteiger partial charge is 0.271 e. The van der Waals surface area contributed by atoms with Crippen LogP contribution in [0.2, 0.25) is 0 Å². The Labute approximate surface area is 121 Å². The number of thiazole rings is 1. The van der Waals surface area contributed by atoms with E-state index in [0.29, 0.717) is 4.96 Å². The van der Waals surface area contributed by atoms with E-state index in [9.17, 15) is 19.2 Å². The summed E-state index contributed by atoms with van der Waals surface area (Å²) in [5, 5.41) is 6.27. The summed E-state index contributed by atoms with van der Waals surface area (Å²) in [6.07, 6.45) is 3.08. The molecule has 3 rings (SSSR count). The van der Waals surface area contributed by atoms with Crippen LogP contribution in [0.15, 0.2) is 22.6 Å². The molecule has 21 heavy (non-hydrogen) atoms. The zero-order chi connectivity index (χ0) is 15.0. The molecule has 1 aliphatic heterocycles. The van der Waals surface area contributed by atoms with Crippen LogP contribution in [0.3, 0.4) is 0 Å². The fraction of sp³-hybridized carbons (Fsp3) is 0.250. The second kappa shape index (κ2) is 5.09. The Kier molecular flexibility index (Phi) is 3.26. The van der Waals surface area contributed by atoms with Crippen molar-refractivity contribution in [3.63, 3.8) is 0 Å². The van der Waals surface area contributed by atoms with Gasteiger partial charge < -0.3 is 5.32 Å². The first-order valence-electron chi connectivity index (χ1n) is 6.15. The van der Waals surface area contributed by atoms with E-state index in [0.717, 1.165) is 0 Å². The number of nitrogens with zero attached hydrogens (tertiary/aromatic N) is 2. The van der Waals surface area contributed by atoms with Gasteiger partial charge in [-0.25, -0.2) is 4.98 Å². The summed E-state index contributed by atoms with van der Waals surface area (Å²) in [5.41, 5.74) is -0.637. The first-order chi connectivity index (χ1) is 10.1. The van der Waals surface area contributed by atoms with Gasteiger partial charge in [-0.2, -0.15) is 0 Å². The van der Waals surface area contributed by atoms with Crippen molar-refractivity contribution in [2.75, 3.05) is 0 Å². The Balaban J connectivity index is 1.84. The second-order valence-corrected chi connectivity index (χ2v) is 5.38.